The van der Waals surface area contributed by atoms with Crippen LogP contribution >= 0.6 is 0 Å². The molecule has 0 aliphatic carbocycles. The van der Waals surface area contributed by atoms with E-state index >= 15 is 0 Å². The van der Waals surface area contributed by atoms with Crippen LogP contribution in [0.15, 0.2) is 0 Å². The van der Waals surface area contributed by atoms with E-state index in [4.69, 9.17) is 10.4 Å². The Balaban J connectivity index is 3.89. The second-order valence-electron chi connectivity index (χ2n) is 3.20. The van der Waals surface area contributed by atoms with Gasteiger partial charge in [-0.1, -0.05) is 6.32 Å². The number of nitrogens with zero attached hydrogens (tertiary/aromatic N) is 1. The van der Waals surface area contributed by atoms with Gasteiger partial charge in [-0.3, -0.25) is 0 Å². The van der Waals surface area contributed by atoms with Gasteiger partial charge in [0.1, 0.15) is 0 Å². The Morgan fingerprint density at radius 2 is 2.09 bits per heavy atom. The zero-order chi connectivity index (χ0) is 8.91. The summed E-state index contributed by atoms with van der Waals surface area (Å²) in [7, 11) is 0. The third kappa shape index (κ3) is 4.02. The quantitative estimate of drug-likeness (QED) is 0.571. The topological polar surface area (TPSA) is 64.2 Å². The highest BCUT2D eigenvalue weighted by Gasteiger charge is 2.30. The highest BCUT2D eigenvalue weighted by Crippen LogP contribution is 2.11. The maximum atomic E-state index is 9.40. The SMILES string of the molecule is CC(C)(O)B(C#N)CCCO. The van der Waals surface area contributed by atoms with Crippen molar-refractivity contribution in [1.29, 1.82) is 5.26 Å². The van der Waals surface area contributed by atoms with Gasteiger partial charge in [-0.25, -0.2) is 5.26 Å². The van der Waals surface area contributed by atoms with Gasteiger partial charge in [-0.15, -0.1) is 0 Å². The first-order valence-electron chi connectivity index (χ1n) is 3.75. The molecule has 0 aromatic heterocycles. The predicted octanol–water partition coefficient (Wildman–Crippen LogP) is 0.236. The van der Waals surface area contributed by atoms with Gasteiger partial charge >= 0.3 is 6.71 Å². The smallest absolute Gasteiger partial charge is 0.301 e. The molecule has 0 aromatic rings. The summed E-state index contributed by atoms with van der Waals surface area (Å²) in [4.78, 5) is 0. The molecule has 0 atom stereocenters. The van der Waals surface area contributed by atoms with E-state index < -0.39 is 5.50 Å². The molecule has 0 spiro atoms. The molecular formula is C7H14BNO2. The molecule has 0 amide bonds. The lowest BCUT2D eigenvalue weighted by Crippen LogP contribution is -2.39. The van der Waals surface area contributed by atoms with Gasteiger partial charge in [0.25, 0.3) is 0 Å². The van der Waals surface area contributed by atoms with Gasteiger partial charge in [0, 0.05) is 12.6 Å². The van der Waals surface area contributed by atoms with Crippen LogP contribution in [-0.4, -0.2) is 29.0 Å². The Hall–Kier alpha value is -0.525. The lowest BCUT2D eigenvalue weighted by molar-refractivity contribution is 0.161. The minimum atomic E-state index is -0.954. The molecule has 0 unspecified atom stereocenters. The zero-order valence-corrected chi connectivity index (χ0v) is 7.04. The van der Waals surface area contributed by atoms with Gasteiger partial charge in [0.05, 0.1) is 5.50 Å². The Morgan fingerprint density at radius 3 is 2.36 bits per heavy atom. The maximum absolute atomic E-state index is 9.40. The molecular weight excluding hydrogens is 141 g/mol. The highest BCUT2D eigenvalue weighted by atomic mass is 16.3. The van der Waals surface area contributed by atoms with E-state index in [0.717, 1.165) is 0 Å². The van der Waals surface area contributed by atoms with E-state index in [0.29, 0.717) is 12.7 Å². The number of aliphatic hydroxyl groups excluding tert-OH is 1. The van der Waals surface area contributed by atoms with E-state index in [1.54, 1.807) is 13.8 Å². The summed E-state index contributed by atoms with van der Waals surface area (Å²) in [5.74, 6) is 2.02. The standard InChI is InChI=1S/C7H14BNO2/c1-7(2,11)8(6-9)4-3-5-10/h10-11H,3-5H2,1-2H3. The molecule has 0 radical (unpaired) electrons. The van der Waals surface area contributed by atoms with E-state index in [9.17, 15) is 5.11 Å². The van der Waals surface area contributed by atoms with Crippen LogP contribution in [-0.2, 0) is 0 Å². The van der Waals surface area contributed by atoms with Crippen molar-refractivity contribution in [2.75, 3.05) is 6.61 Å². The third-order valence-corrected chi connectivity index (χ3v) is 1.66. The van der Waals surface area contributed by atoms with Gasteiger partial charge in [-0.05, 0) is 20.3 Å². The average molecular weight is 155 g/mol. The van der Waals surface area contributed by atoms with Crippen molar-refractivity contribution >= 4 is 6.71 Å². The van der Waals surface area contributed by atoms with Crippen LogP contribution < -0.4 is 0 Å². The Kier molecular flexibility index (Phi) is 4.16. The Morgan fingerprint density at radius 1 is 1.55 bits per heavy atom. The fraction of sp³-hybridized carbons (Fsp3) is 0.857. The summed E-state index contributed by atoms with van der Waals surface area (Å²) < 4.78 is 0. The van der Waals surface area contributed by atoms with Crippen molar-refractivity contribution in [3.63, 3.8) is 0 Å². The molecule has 0 aliphatic rings. The molecule has 4 heteroatoms. The van der Waals surface area contributed by atoms with Crippen LogP contribution in [0.2, 0.25) is 6.32 Å². The lowest BCUT2D eigenvalue weighted by atomic mass is 9.38. The van der Waals surface area contributed by atoms with Crippen LogP contribution in [0, 0.1) is 11.2 Å². The molecule has 2 N–H and O–H groups in total. The maximum Gasteiger partial charge on any atom is 0.301 e. The van der Waals surface area contributed by atoms with Crippen molar-refractivity contribution in [2.24, 2.45) is 0 Å². The fourth-order valence-corrected chi connectivity index (χ4v) is 0.871. The number of hydrogen-bond donors (Lipinski definition) is 2. The molecule has 0 aliphatic heterocycles. The molecule has 62 valence electrons. The van der Waals surface area contributed by atoms with Crippen LogP contribution in [0.1, 0.15) is 20.3 Å². The molecule has 0 saturated carbocycles. The largest absolute Gasteiger partial charge is 0.397 e. The molecule has 0 aromatic carbocycles. The fourth-order valence-electron chi connectivity index (χ4n) is 0.871. The van der Waals surface area contributed by atoms with Gasteiger partial charge in [0.15, 0.2) is 0 Å². The molecule has 0 rings (SSSR count). The second-order valence-corrected chi connectivity index (χ2v) is 3.20. The molecule has 0 bridgehead atoms. The average Bonchev–Trinajstić information content (AvgIpc) is 1.87. The molecule has 0 heterocycles. The summed E-state index contributed by atoms with van der Waals surface area (Å²) in [5, 5.41) is 26.5. The van der Waals surface area contributed by atoms with Crippen molar-refractivity contribution in [3.05, 3.63) is 0 Å². The third-order valence-electron chi connectivity index (χ3n) is 1.66. The lowest BCUT2D eigenvalue weighted by Gasteiger charge is -2.19. The first-order valence-corrected chi connectivity index (χ1v) is 3.75. The number of hydrogen-bond acceptors (Lipinski definition) is 3. The summed E-state index contributed by atoms with van der Waals surface area (Å²) in [6, 6.07) is 0. The van der Waals surface area contributed by atoms with Crippen molar-refractivity contribution in [2.45, 2.75) is 32.1 Å². The van der Waals surface area contributed by atoms with E-state index in [-0.39, 0.29) is 13.3 Å². The van der Waals surface area contributed by atoms with Gasteiger partial charge < -0.3 is 10.2 Å². The van der Waals surface area contributed by atoms with Crippen LogP contribution in [0.4, 0.5) is 0 Å². The zero-order valence-electron chi connectivity index (χ0n) is 7.04. The van der Waals surface area contributed by atoms with Gasteiger partial charge in [-0.2, -0.15) is 0 Å². The van der Waals surface area contributed by atoms with Gasteiger partial charge in [0.2, 0.25) is 0 Å². The summed E-state index contributed by atoms with van der Waals surface area (Å²) >= 11 is 0. The normalized spacial score (nSPS) is 10.8. The summed E-state index contributed by atoms with van der Waals surface area (Å²) in [6.07, 6.45) is 1.12. The van der Waals surface area contributed by atoms with Crippen LogP contribution in [0.3, 0.4) is 0 Å². The summed E-state index contributed by atoms with van der Waals surface area (Å²) in [6.45, 7) is 2.92. The first kappa shape index (κ1) is 10.5. The minimum Gasteiger partial charge on any atom is -0.397 e. The molecule has 0 saturated heterocycles. The highest BCUT2D eigenvalue weighted by molar-refractivity contribution is 6.69. The molecule has 3 nitrogen and oxygen atoms in total. The van der Waals surface area contributed by atoms with Crippen molar-refractivity contribution in [1.82, 2.24) is 0 Å². The first-order chi connectivity index (χ1) is 5.02. The van der Waals surface area contributed by atoms with Crippen LogP contribution in [0.5, 0.6) is 0 Å². The van der Waals surface area contributed by atoms with Crippen molar-refractivity contribution in [3.8, 4) is 5.97 Å². The number of nitriles is 1. The van der Waals surface area contributed by atoms with E-state index in [1.807, 2.05) is 5.97 Å². The Bertz CT molecular complexity index is 148. The van der Waals surface area contributed by atoms with Crippen LogP contribution in [0.25, 0.3) is 0 Å². The monoisotopic (exact) mass is 155 g/mol. The number of rotatable bonds is 4. The molecule has 0 fully saturated rings. The van der Waals surface area contributed by atoms with Crippen molar-refractivity contribution < 1.29 is 10.2 Å². The number of aliphatic hydroxyl groups is 2. The predicted molar refractivity (Wildman–Crippen MR) is 44.2 cm³/mol. The molecule has 11 heavy (non-hydrogen) atoms. The van der Waals surface area contributed by atoms with E-state index in [2.05, 4.69) is 0 Å². The minimum absolute atomic E-state index is 0.0776. The summed E-state index contributed by atoms with van der Waals surface area (Å²) in [5.41, 5.74) is -0.954. The second kappa shape index (κ2) is 4.37. The van der Waals surface area contributed by atoms with E-state index in [1.165, 1.54) is 0 Å². The Labute approximate surface area is 67.7 Å².